The van der Waals surface area contributed by atoms with Crippen LogP contribution in [0.15, 0.2) is 4.52 Å². The smallest absolute Gasteiger partial charge is 0.312 e. The standard InChI is InChI=1S/C9H12N2O5S/c12-8(13)5-7-10-9(11-16-7)6-1-3-17(14,15)4-2-6/h6H,1-5H2,(H,12,13). The average Bonchev–Trinajstić information content (AvgIpc) is 2.65. The minimum absolute atomic E-state index is 0.0511. The summed E-state index contributed by atoms with van der Waals surface area (Å²) in [5.74, 6) is -0.366. The van der Waals surface area contributed by atoms with Crippen LogP contribution in [0, 0.1) is 0 Å². The summed E-state index contributed by atoms with van der Waals surface area (Å²) in [7, 11) is -2.92. The SMILES string of the molecule is O=C(O)Cc1nc(C2CCS(=O)(=O)CC2)no1. The van der Waals surface area contributed by atoms with Gasteiger partial charge in [0.1, 0.15) is 16.3 Å². The van der Waals surface area contributed by atoms with Gasteiger partial charge in [-0.3, -0.25) is 4.79 Å². The van der Waals surface area contributed by atoms with Crippen LogP contribution in [0.1, 0.15) is 30.5 Å². The zero-order valence-electron chi connectivity index (χ0n) is 9.00. The Labute approximate surface area is 97.7 Å². The highest BCUT2D eigenvalue weighted by Gasteiger charge is 2.28. The van der Waals surface area contributed by atoms with E-state index in [4.69, 9.17) is 9.63 Å². The monoisotopic (exact) mass is 260 g/mol. The summed E-state index contributed by atoms with van der Waals surface area (Å²) >= 11 is 0. The molecule has 1 saturated heterocycles. The first-order valence-electron chi connectivity index (χ1n) is 5.21. The van der Waals surface area contributed by atoms with Gasteiger partial charge < -0.3 is 9.63 Å². The number of aliphatic carboxylic acids is 1. The van der Waals surface area contributed by atoms with Crippen molar-refractivity contribution in [2.75, 3.05) is 11.5 Å². The molecule has 1 aliphatic heterocycles. The molecule has 1 fully saturated rings. The first-order chi connectivity index (χ1) is 7.96. The molecule has 0 bridgehead atoms. The van der Waals surface area contributed by atoms with Crippen LogP contribution < -0.4 is 0 Å². The fourth-order valence-electron chi connectivity index (χ4n) is 1.78. The summed E-state index contributed by atoms with van der Waals surface area (Å²) in [6.07, 6.45) is 0.626. The number of sulfone groups is 1. The molecule has 1 aromatic rings. The van der Waals surface area contributed by atoms with E-state index in [0.717, 1.165) is 0 Å². The van der Waals surface area contributed by atoms with E-state index in [2.05, 4.69) is 10.1 Å². The Bertz CT molecular complexity index is 507. The molecule has 1 aromatic heterocycles. The van der Waals surface area contributed by atoms with Gasteiger partial charge in [0, 0.05) is 5.92 Å². The van der Waals surface area contributed by atoms with E-state index in [1.807, 2.05) is 0 Å². The first-order valence-corrected chi connectivity index (χ1v) is 7.03. The Hall–Kier alpha value is -1.44. The molecular weight excluding hydrogens is 248 g/mol. The van der Waals surface area contributed by atoms with E-state index in [-0.39, 0.29) is 29.7 Å². The topological polar surface area (TPSA) is 110 Å². The second-order valence-electron chi connectivity index (χ2n) is 4.04. The Kier molecular flexibility index (Phi) is 3.14. The molecule has 0 atom stereocenters. The second kappa shape index (κ2) is 4.44. The Morgan fingerprint density at radius 3 is 2.65 bits per heavy atom. The molecule has 17 heavy (non-hydrogen) atoms. The minimum atomic E-state index is -2.92. The molecule has 94 valence electrons. The molecule has 2 rings (SSSR count). The summed E-state index contributed by atoms with van der Waals surface area (Å²) in [6, 6.07) is 0. The van der Waals surface area contributed by atoms with Gasteiger partial charge in [0.15, 0.2) is 5.82 Å². The van der Waals surface area contributed by atoms with E-state index >= 15 is 0 Å². The number of carbonyl (C=O) groups is 1. The van der Waals surface area contributed by atoms with E-state index in [0.29, 0.717) is 18.7 Å². The summed E-state index contributed by atoms with van der Waals surface area (Å²) < 4.78 is 27.3. The Balaban J connectivity index is 2.04. The lowest BCUT2D eigenvalue weighted by molar-refractivity contribution is -0.136. The third-order valence-corrected chi connectivity index (χ3v) is 4.42. The molecule has 2 heterocycles. The first kappa shape index (κ1) is 12.0. The predicted molar refractivity (Wildman–Crippen MR) is 56.3 cm³/mol. The highest BCUT2D eigenvalue weighted by Crippen LogP contribution is 2.26. The van der Waals surface area contributed by atoms with Crippen molar-refractivity contribution in [3.63, 3.8) is 0 Å². The van der Waals surface area contributed by atoms with Gasteiger partial charge >= 0.3 is 5.97 Å². The summed E-state index contributed by atoms with van der Waals surface area (Å²) in [5.41, 5.74) is 0. The normalized spacial score (nSPS) is 20.2. The molecule has 0 saturated carbocycles. The van der Waals surface area contributed by atoms with Crippen molar-refractivity contribution >= 4 is 15.8 Å². The van der Waals surface area contributed by atoms with Crippen LogP contribution in [-0.4, -0.2) is 41.1 Å². The Morgan fingerprint density at radius 1 is 1.41 bits per heavy atom. The molecule has 8 heteroatoms. The molecule has 1 N–H and O–H groups in total. The zero-order valence-corrected chi connectivity index (χ0v) is 9.81. The van der Waals surface area contributed by atoms with Gasteiger partial charge in [-0.15, -0.1) is 0 Å². The molecular formula is C9H12N2O5S. The quantitative estimate of drug-likeness (QED) is 0.813. The number of nitrogens with zero attached hydrogens (tertiary/aromatic N) is 2. The lowest BCUT2D eigenvalue weighted by atomic mass is 10.0. The van der Waals surface area contributed by atoms with Crippen molar-refractivity contribution in [2.24, 2.45) is 0 Å². The van der Waals surface area contributed by atoms with Crippen LogP contribution >= 0.6 is 0 Å². The van der Waals surface area contributed by atoms with Crippen LogP contribution in [0.25, 0.3) is 0 Å². The molecule has 0 amide bonds. The molecule has 1 aliphatic rings. The van der Waals surface area contributed by atoms with Gasteiger partial charge in [-0.1, -0.05) is 5.16 Å². The molecule has 0 aromatic carbocycles. The van der Waals surface area contributed by atoms with E-state index < -0.39 is 15.8 Å². The van der Waals surface area contributed by atoms with Crippen molar-refractivity contribution in [1.29, 1.82) is 0 Å². The van der Waals surface area contributed by atoms with Gasteiger partial charge in [0.2, 0.25) is 5.89 Å². The fraction of sp³-hybridized carbons (Fsp3) is 0.667. The van der Waals surface area contributed by atoms with Crippen LogP contribution in [0.4, 0.5) is 0 Å². The number of aromatic nitrogens is 2. The molecule has 0 spiro atoms. The number of rotatable bonds is 3. The molecule has 7 nitrogen and oxygen atoms in total. The highest BCUT2D eigenvalue weighted by molar-refractivity contribution is 7.91. The van der Waals surface area contributed by atoms with Crippen molar-refractivity contribution < 1.29 is 22.8 Å². The lowest BCUT2D eigenvalue weighted by Crippen LogP contribution is -2.22. The third-order valence-electron chi connectivity index (χ3n) is 2.71. The second-order valence-corrected chi connectivity index (χ2v) is 6.35. The highest BCUT2D eigenvalue weighted by atomic mass is 32.2. The maximum Gasteiger partial charge on any atom is 0.312 e. The van der Waals surface area contributed by atoms with Crippen molar-refractivity contribution in [3.05, 3.63) is 11.7 Å². The average molecular weight is 260 g/mol. The molecule has 0 radical (unpaired) electrons. The number of hydrogen-bond acceptors (Lipinski definition) is 6. The van der Waals surface area contributed by atoms with Crippen LogP contribution in [0.5, 0.6) is 0 Å². The van der Waals surface area contributed by atoms with Crippen LogP contribution in [-0.2, 0) is 21.1 Å². The minimum Gasteiger partial charge on any atom is -0.481 e. The third kappa shape index (κ3) is 3.02. The van der Waals surface area contributed by atoms with Crippen molar-refractivity contribution in [1.82, 2.24) is 10.1 Å². The molecule has 0 unspecified atom stereocenters. The number of carboxylic acid groups (broad SMARTS) is 1. The maximum absolute atomic E-state index is 11.2. The zero-order chi connectivity index (χ0) is 12.5. The lowest BCUT2D eigenvalue weighted by Gasteiger charge is -2.18. The van der Waals surface area contributed by atoms with Gasteiger partial charge in [0.05, 0.1) is 11.5 Å². The van der Waals surface area contributed by atoms with Gasteiger partial charge in [-0.05, 0) is 12.8 Å². The van der Waals surface area contributed by atoms with Crippen LogP contribution in [0.2, 0.25) is 0 Å². The molecule has 0 aliphatic carbocycles. The maximum atomic E-state index is 11.2. The summed E-state index contributed by atoms with van der Waals surface area (Å²) in [5, 5.41) is 12.2. The van der Waals surface area contributed by atoms with Gasteiger partial charge in [-0.2, -0.15) is 4.98 Å². The van der Waals surface area contributed by atoms with Crippen molar-refractivity contribution in [3.8, 4) is 0 Å². The van der Waals surface area contributed by atoms with Gasteiger partial charge in [-0.25, -0.2) is 8.42 Å². The Morgan fingerprint density at radius 2 is 2.06 bits per heavy atom. The van der Waals surface area contributed by atoms with E-state index in [1.165, 1.54) is 0 Å². The number of hydrogen-bond donors (Lipinski definition) is 1. The summed E-state index contributed by atoms with van der Waals surface area (Å²) in [6.45, 7) is 0. The van der Waals surface area contributed by atoms with Crippen molar-refractivity contribution in [2.45, 2.75) is 25.2 Å². The predicted octanol–water partition coefficient (Wildman–Crippen LogP) is -0.0111. The van der Waals surface area contributed by atoms with E-state index in [1.54, 1.807) is 0 Å². The van der Waals surface area contributed by atoms with Gasteiger partial charge in [0.25, 0.3) is 0 Å². The largest absolute Gasteiger partial charge is 0.481 e. The number of carboxylic acids is 1. The summed E-state index contributed by atoms with van der Waals surface area (Å²) in [4.78, 5) is 14.4. The fourth-order valence-corrected chi connectivity index (χ4v) is 3.27. The van der Waals surface area contributed by atoms with E-state index in [9.17, 15) is 13.2 Å². The van der Waals surface area contributed by atoms with Crippen LogP contribution in [0.3, 0.4) is 0 Å².